The maximum absolute atomic E-state index is 6.21. The molecule has 2 N–H and O–H groups in total. The van der Waals surface area contributed by atoms with E-state index in [9.17, 15) is 0 Å². The van der Waals surface area contributed by atoms with Crippen molar-refractivity contribution in [2.24, 2.45) is 15.7 Å². The van der Waals surface area contributed by atoms with Gasteiger partial charge in [-0.15, -0.1) is 0 Å². The first-order valence-electron chi connectivity index (χ1n) is 7.75. The van der Waals surface area contributed by atoms with Crippen LogP contribution in [0.4, 0.5) is 0 Å². The molecule has 0 aromatic carbocycles. The highest BCUT2D eigenvalue weighted by Gasteiger charge is 2.27. The Labute approximate surface area is 129 Å². The van der Waals surface area contributed by atoms with Gasteiger partial charge in [0.2, 0.25) is 0 Å². The van der Waals surface area contributed by atoms with Gasteiger partial charge in [-0.25, -0.2) is 9.98 Å². The van der Waals surface area contributed by atoms with E-state index in [0.29, 0.717) is 0 Å². The molecule has 0 spiro atoms. The lowest BCUT2D eigenvalue weighted by Crippen LogP contribution is -2.49. The summed E-state index contributed by atoms with van der Waals surface area (Å²) in [6.07, 6.45) is 4.67. The molecule has 0 amide bonds. The molecular weight excluding hydrogens is 260 g/mol. The van der Waals surface area contributed by atoms with E-state index in [1.54, 1.807) is 6.08 Å². The monoisotopic (exact) mass is 290 g/mol. The van der Waals surface area contributed by atoms with Crippen LogP contribution in [0.1, 0.15) is 53.9 Å². The fourth-order valence-corrected chi connectivity index (χ4v) is 2.23. The molecule has 0 atom stereocenters. The van der Waals surface area contributed by atoms with E-state index in [1.165, 1.54) is 0 Å². The van der Waals surface area contributed by atoms with Crippen molar-refractivity contribution in [2.45, 2.75) is 59.4 Å². The molecule has 4 nitrogen and oxygen atoms in total. The lowest BCUT2D eigenvalue weighted by atomic mass is 9.91. The first kappa shape index (κ1) is 17.6. The van der Waals surface area contributed by atoms with E-state index in [2.05, 4.69) is 30.3 Å². The minimum Gasteiger partial charge on any atom is -0.360 e. The average molecular weight is 290 g/mol. The second-order valence-corrected chi connectivity index (χ2v) is 6.30. The summed E-state index contributed by atoms with van der Waals surface area (Å²) in [5.74, 6) is 1.90. The SMILES string of the molecule is C=C/C(C)=N\C(/N=C(\CC)N1CCC(C)(N)CC1)=C(C)C. The third kappa shape index (κ3) is 5.46. The van der Waals surface area contributed by atoms with E-state index in [4.69, 9.17) is 10.7 Å². The zero-order chi connectivity index (χ0) is 16.0. The third-order valence-electron chi connectivity index (χ3n) is 3.85. The van der Waals surface area contributed by atoms with E-state index in [1.807, 2.05) is 20.8 Å². The molecule has 1 aliphatic heterocycles. The Morgan fingerprint density at radius 1 is 1.24 bits per heavy atom. The Hall–Kier alpha value is -1.42. The third-order valence-corrected chi connectivity index (χ3v) is 3.85. The highest BCUT2D eigenvalue weighted by atomic mass is 15.2. The molecule has 1 rings (SSSR count). The molecule has 4 heteroatoms. The molecule has 21 heavy (non-hydrogen) atoms. The van der Waals surface area contributed by atoms with Gasteiger partial charge in [-0.3, -0.25) is 0 Å². The number of piperidine rings is 1. The molecule has 1 fully saturated rings. The molecule has 0 aliphatic carbocycles. The molecular formula is C17H30N4. The van der Waals surface area contributed by atoms with Gasteiger partial charge in [0.25, 0.3) is 0 Å². The molecule has 0 aromatic rings. The Balaban J connectivity index is 2.97. The second kappa shape index (κ2) is 7.55. The van der Waals surface area contributed by atoms with Crippen LogP contribution in [0, 0.1) is 0 Å². The van der Waals surface area contributed by atoms with Crippen LogP contribution in [0.2, 0.25) is 0 Å². The fourth-order valence-electron chi connectivity index (χ4n) is 2.23. The number of hydrogen-bond acceptors (Lipinski definition) is 3. The Morgan fingerprint density at radius 3 is 2.24 bits per heavy atom. The van der Waals surface area contributed by atoms with Crippen LogP contribution in [-0.4, -0.2) is 35.1 Å². The van der Waals surface area contributed by atoms with E-state index >= 15 is 0 Å². The van der Waals surface area contributed by atoms with Gasteiger partial charge in [0.15, 0.2) is 5.82 Å². The average Bonchev–Trinajstić information content (AvgIpc) is 2.43. The molecule has 0 aromatic heterocycles. The number of nitrogens with two attached hydrogens (primary N) is 1. The molecule has 1 heterocycles. The summed E-state index contributed by atoms with van der Waals surface area (Å²) >= 11 is 0. The predicted molar refractivity (Wildman–Crippen MR) is 92.8 cm³/mol. The van der Waals surface area contributed by atoms with E-state index in [0.717, 1.165) is 55.3 Å². The van der Waals surface area contributed by atoms with Crippen LogP contribution in [0.25, 0.3) is 0 Å². The highest BCUT2D eigenvalue weighted by molar-refractivity contribution is 5.93. The van der Waals surface area contributed by atoms with Crippen LogP contribution in [-0.2, 0) is 0 Å². The summed E-state index contributed by atoms with van der Waals surface area (Å²) in [6.45, 7) is 16.0. The molecule has 0 radical (unpaired) electrons. The number of aliphatic imine (C=N–C) groups is 2. The molecule has 118 valence electrons. The van der Waals surface area contributed by atoms with Gasteiger partial charge in [-0.2, -0.15) is 0 Å². The first-order valence-corrected chi connectivity index (χ1v) is 7.75. The van der Waals surface area contributed by atoms with Crippen LogP contribution in [0.5, 0.6) is 0 Å². The molecule has 0 bridgehead atoms. The number of allylic oxidation sites excluding steroid dienone is 2. The van der Waals surface area contributed by atoms with Crippen molar-refractivity contribution in [3.63, 3.8) is 0 Å². The standard InChI is InChI=1S/C17H30N4/c1-7-14(5)19-16(13(3)4)20-15(8-2)21-11-9-17(6,18)10-12-21/h7H,1,8-12,18H2,2-6H3/b19-14-,20-15+. The number of likely N-dealkylation sites (tertiary alicyclic amines) is 1. The van der Waals surface area contributed by atoms with Crippen molar-refractivity contribution in [3.8, 4) is 0 Å². The topological polar surface area (TPSA) is 54.0 Å². The maximum atomic E-state index is 6.21. The minimum absolute atomic E-state index is 0.0354. The Morgan fingerprint density at radius 2 is 1.81 bits per heavy atom. The van der Waals surface area contributed by atoms with Crippen LogP contribution in [0.3, 0.4) is 0 Å². The zero-order valence-electron chi connectivity index (χ0n) is 14.2. The van der Waals surface area contributed by atoms with Crippen molar-refractivity contribution in [2.75, 3.05) is 13.1 Å². The van der Waals surface area contributed by atoms with Gasteiger partial charge in [0.05, 0.1) is 0 Å². The smallest absolute Gasteiger partial charge is 0.152 e. The van der Waals surface area contributed by atoms with E-state index < -0.39 is 0 Å². The summed E-state index contributed by atoms with van der Waals surface area (Å²) in [5, 5.41) is 0. The van der Waals surface area contributed by atoms with Gasteiger partial charge in [0.1, 0.15) is 5.84 Å². The van der Waals surface area contributed by atoms with Crippen molar-refractivity contribution in [1.82, 2.24) is 4.90 Å². The minimum atomic E-state index is -0.0354. The fraction of sp³-hybridized carbons (Fsp3) is 0.647. The molecule has 1 saturated heterocycles. The Bertz CT molecular complexity index is 455. The quantitative estimate of drug-likeness (QED) is 0.636. The van der Waals surface area contributed by atoms with E-state index in [-0.39, 0.29) is 5.54 Å². The zero-order valence-corrected chi connectivity index (χ0v) is 14.2. The summed E-state index contributed by atoms with van der Waals surface area (Å²) in [7, 11) is 0. The number of nitrogens with zero attached hydrogens (tertiary/aromatic N) is 3. The molecule has 0 unspecified atom stereocenters. The van der Waals surface area contributed by atoms with Crippen LogP contribution in [0.15, 0.2) is 34.0 Å². The second-order valence-electron chi connectivity index (χ2n) is 6.30. The lowest BCUT2D eigenvalue weighted by Gasteiger charge is -2.38. The Kier molecular flexibility index (Phi) is 6.34. The molecule has 1 aliphatic rings. The number of amidine groups is 1. The number of hydrogen-bond donors (Lipinski definition) is 1. The normalized spacial score (nSPS) is 19.4. The molecule has 0 saturated carbocycles. The summed E-state index contributed by atoms with van der Waals surface area (Å²) < 4.78 is 0. The van der Waals surface area contributed by atoms with Crippen molar-refractivity contribution < 1.29 is 0 Å². The summed E-state index contributed by atoms with van der Waals surface area (Å²) in [6, 6.07) is 0. The van der Waals surface area contributed by atoms with Gasteiger partial charge in [-0.05, 0) is 52.2 Å². The lowest BCUT2D eigenvalue weighted by molar-refractivity contribution is 0.242. The predicted octanol–water partition coefficient (Wildman–Crippen LogP) is 3.51. The highest BCUT2D eigenvalue weighted by Crippen LogP contribution is 2.20. The largest absolute Gasteiger partial charge is 0.360 e. The van der Waals surface area contributed by atoms with Gasteiger partial charge in [-0.1, -0.05) is 13.5 Å². The van der Waals surface area contributed by atoms with Crippen LogP contribution < -0.4 is 5.73 Å². The van der Waals surface area contributed by atoms with Gasteiger partial charge in [0, 0.05) is 30.8 Å². The summed E-state index contributed by atoms with van der Waals surface area (Å²) in [5.41, 5.74) is 8.17. The number of rotatable bonds is 4. The van der Waals surface area contributed by atoms with Crippen molar-refractivity contribution in [3.05, 3.63) is 24.0 Å². The van der Waals surface area contributed by atoms with Gasteiger partial charge >= 0.3 is 0 Å². The van der Waals surface area contributed by atoms with Crippen molar-refractivity contribution >= 4 is 11.5 Å². The van der Waals surface area contributed by atoms with Crippen LogP contribution >= 0.6 is 0 Å². The summed E-state index contributed by atoms with van der Waals surface area (Å²) in [4.78, 5) is 11.7. The first-order chi connectivity index (χ1) is 9.79. The maximum Gasteiger partial charge on any atom is 0.152 e. The van der Waals surface area contributed by atoms with Gasteiger partial charge < -0.3 is 10.6 Å². The van der Waals surface area contributed by atoms with Crippen molar-refractivity contribution in [1.29, 1.82) is 0 Å².